The van der Waals surface area contributed by atoms with Gasteiger partial charge in [-0.2, -0.15) is 9.61 Å². The summed E-state index contributed by atoms with van der Waals surface area (Å²) in [6.07, 6.45) is 4.90. The van der Waals surface area contributed by atoms with E-state index in [1.54, 1.807) is 0 Å². The molecule has 0 unspecified atom stereocenters. The highest BCUT2D eigenvalue weighted by atomic mass is 15.4. The van der Waals surface area contributed by atoms with Gasteiger partial charge in [-0.05, 0) is 56.8 Å². The maximum atomic E-state index is 4.82. The molecule has 1 aliphatic carbocycles. The van der Waals surface area contributed by atoms with E-state index < -0.39 is 0 Å². The maximum absolute atomic E-state index is 4.82. The molecule has 118 valence electrons. The molecule has 1 saturated carbocycles. The fourth-order valence-electron chi connectivity index (χ4n) is 3.56. The monoisotopic (exact) mass is 299 g/mol. The van der Waals surface area contributed by atoms with Gasteiger partial charge in [0, 0.05) is 18.4 Å². The van der Waals surface area contributed by atoms with Crippen LogP contribution in [0.15, 0.2) is 12.1 Å². The lowest BCUT2D eigenvalue weighted by Gasteiger charge is -2.32. The molecule has 0 bridgehead atoms. The lowest BCUT2D eigenvalue weighted by atomic mass is 9.95. The average molecular weight is 299 g/mol. The van der Waals surface area contributed by atoms with E-state index >= 15 is 0 Å². The number of hydrogen-bond acceptors (Lipinski definition) is 4. The fraction of sp³-hybridized carbons (Fsp3) is 0.706. The maximum Gasteiger partial charge on any atom is 0.177 e. The van der Waals surface area contributed by atoms with Crippen LogP contribution in [-0.4, -0.2) is 44.3 Å². The van der Waals surface area contributed by atoms with Crippen molar-refractivity contribution in [3.8, 4) is 0 Å². The van der Waals surface area contributed by atoms with E-state index in [4.69, 9.17) is 5.10 Å². The van der Waals surface area contributed by atoms with Gasteiger partial charge in [-0.1, -0.05) is 13.8 Å². The van der Waals surface area contributed by atoms with Crippen molar-refractivity contribution < 1.29 is 0 Å². The Balaban J connectivity index is 1.53. The Morgan fingerprint density at radius 3 is 2.50 bits per heavy atom. The quantitative estimate of drug-likeness (QED) is 0.871. The molecule has 3 heterocycles. The second-order valence-corrected chi connectivity index (χ2v) is 7.33. The summed E-state index contributed by atoms with van der Waals surface area (Å²) in [6.45, 7) is 8.13. The third kappa shape index (κ3) is 2.74. The van der Waals surface area contributed by atoms with Crippen molar-refractivity contribution in [2.24, 2.45) is 5.92 Å². The van der Waals surface area contributed by atoms with Crippen LogP contribution in [0.4, 0.5) is 0 Å². The van der Waals surface area contributed by atoms with Crippen molar-refractivity contribution in [2.75, 3.05) is 19.6 Å². The largest absolute Gasteiger partial charge is 0.303 e. The van der Waals surface area contributed by atoms with Crippen LogP contribution in [0.3, 0.4) is 0 Å². The molecular formula is C17H25N5. The van der Waals surface area contributed by atoms with E-state index in [1.807, 2.05) is 4.52 Å². The Morgan fingerprint density at radius 1 is 1.05 bits per heavy atom. The van der Waals surface area contributed by atoms with Crippen molar-refractivity contribution in [3.05, 3.63) is 23.7 Å². The van der Waals surface area contributed by atoms with Gasteiger partial charge in [0.25, 0.3) is 0 Å². The predicted molar refractivity (Wildman–Crippen MR) is 86.0 cm³/mol. The Morgan fingerprint density at radius 2 is 1.82 bits per heavy atom. The van der Waals surface area contributed by atoms with E-state index in [9.17, 15) is 0 Å². The lowest BCUT2D eigenvalue weighted by molar-refractivity contribution is 0.189. The normalized spacial score (nSPS) is 21.0. The van der Waals surface area contributed by atoms with Gasteiger partial charge < -0.3 is 4.90 Å². The zero-order valence-electron chi connectivity index (χ0n) is 13.6. The van der Waals surface area contributed by atoms with Crippen molar-refractivity contribution >= 4 is 5.65 Å². The molecule has 5 nitrogen and oxygen atoms in total. The van der Waals surface area contributed by atoms with E-state index in [1.165, 1.54) is 51.0 Å². The highest BCUT2D eigenvalue weighted by Crippen LogP contribution is 2.39. The Bertz CT molecular complexity index is 650. The number of hydrogen-bond donors (Lipinski definition) is 0. The number of likely N-dealkylation sites (tertiary alicyclic amines) is 1. The zero-order chi connectivity index (χ0) is 15.1. The molecule has 1 aliphatic heterocycles. The molecule has 1 saturated heterocycles. The molecule has 2 aromatic rings. The Kier molecular flexibility index (Phi) is 3.60. The number of fused-ring (bicyclic) bond motifs is 1. The van der Waals surface area contributed by atoms with Gasteiger partial charge in [-0.3, -0.25) is 0 Å². The molecular weight excluding hydrogens is 274 g/mol. The molecule has 4 rings (SSSR count). The van der Waals surface area contributed by atoms with E-state index in [-0.39, 0.29) is 0 Å². The molecule has 2 aromatic heterocycles. The van der Waals surface area contributed by atoms with Crippen LogP contribution in [0, 0.1) is 5.92 Å². The van der Waals surface area contributed by atoms with Crippen molar-refractivity contribution in [3.63, 3.8) is 0 Å². The fourth-order valence-corrected chi connectivity index (χ4v) is 3.56. The summed E-state index contributed by atoms with van der Waals surface area (Å²) >= 11 is 0. The third-order valence-electron chi connectivity index (χ3n) is 4.88. The first-order valence-electron chi connectivity index (χ1n) is 8.65. The highest BCUT2D eigenvalue weighted by molar-refractivity contribution is 5.38. The smallest absolute Gasteiger partial charge is 0.177 e. The zero-order valence-corrected chi connectivity index (χ0v) is 13.6. The van der Waals surface area contributed by atoms with Gasteiger partial charge in [0.15, 0.2) is 11.5 Å². The van der Waals surface area contributed by atoms with Crippen LogP contribution in [0.25, 0.3) is 5.65 Å². The van der Waals surface area contributed by atoms with Gasteiger partial charge in [0.1, 0.15) is 0 Å². The molecule has 5 heteroatoms. The molecule has 0 spiro atoms. The van der Waals surface area contributed by atoms with Crippen molar-refractivity contribution in [2.45, 2.75) is 51.4 Å². The van der Waals surface area contributed by atoms with Crippen molar-refractivity contribution in [1.82, 2.24) is 24.7 Å². The number of rotatable bonds is 4. The summed E-state index contributed by atoms with van der Waals surface area (Å²) in [5.41, 5.74) is 2.11. The molecule has 0 aromatic carbocycles. The third-order valence-corrected chi connectivity index (χ3v) is 4.88. The molecule has 2 aliphatic rings. The summed E-state index contributed by atoms with van der Waals surface area (Å²) in [5.74, 6) is 2.99. The highest BCUT2D eigenvalue weighted by Gasteiger charge is 2.28. The summed E-state index contributed by atoms with van der Waals surface area (Å²) in [4.78, 5) is 2.58. The first-order chi connectivity index (χ1) is 10.7. The predicted octanol–water partition coefficient (Wildman–Crippen LogP) is 2.84. The first kappa shape index (κ1) is 14.1. The minimum atomic E-state index is 0.500. The minimum Gasteiger partial charge on any atom is -0.303 e. The van der Waals surface area contributed by atoms with Crippen LogP contribution in [0.1, 0.15) is 62.9 Å². The number of piperidine rings is 1. The summed E-state index contributed by atoms with van der Waals surface area (Å²) in [7, 11) is 0. The summed E-state index contributed by atoms with van der Waals surface area (Å²) < 4.78 is 2.01. The molecule has 0 amide bonds. The SMILES string of the molecule is CC(C)CN1CCC(c2nnc3ccc(C4CC4)nn23)CC1. The first-order valence-corrected chi connectivity index (χ1v) is 8.65. The van der Waals surface area contributed by atoms with E-state index in [0.717, 1.165) is 17.4 Å². The van der Waals surface area contributed by atoms with Crippen LogP contribution in [-0.2, 0) is 0 Å². The van der Waals surface area contributed by atoms with Crippen LogP contribution in [0.5, 0.6) is 0 Å². The van der Waals surface area contributed by atoms with Gasteiger partial charge in [0.05, 0.1) is 5.69 Å². The van der Waals surface area contributed by atoms with Gasteiger partial charge in [0.2, 0.25) is 0 Å². The second kappa shape index (κ2) is 5.61. The standard InChI is InChI=1S/C17H25N5/c1-12(2)11-21-9-7-14(8-10-21)17-19-18-16-6-5-15(13-3-4-13)20-22(16)17/h5-6,12-14H,3-4,7-11H2,1-2H3. The molecule has 0 atom stereocenters. The summed E-state index contributed by atoms with van der Waals surface area (Å²) in [6, 6.07) is 4.20. The number of nitrogens with zero attached hydrogens (tertiary/aromatic N) is 5. The average Bonchev–Trinajstić information content (AvgIpc) is 3.27. The molecule has 0 radical (unpaired) electrons. The van der Waals surface area contributed by atoms with Crippen LogP contribution < -0.4 is 0 Å². The summed E-state index contributed by atoms with van der Waals surface area (Å²) in [5, 5.41) is 13.6. The Hall–Kier alpha value is -1.49. The second-order valence-electron chi connectivity index (χ2n) is 7.33. The van der Waals surface area contributed by atoms with E-state index in [0.29, 0.717) is 11.8 Å². The topological polar surface area (TPSA) is 46.3 Å². The minimum absolute atomic E-state index is 0.500. The molecule has 22 heavy (non-hydrogen) atoms. The van der Waals surface area contributed by atoms with Gasteiger partial charge in [-0.25, -0.2) is 0 Å². The number of aromatic nitrogens is 4. The van der Waals surface area contributed by atoms with E-state index in [2.05, 4.69) is 41.1 Å². The van der Waals surface area contributed by atoms with Gasteiger partial charge >= 0.3 is 0 Å². The lowest BCUT2D eigenvalue weighted by Crippen LogP contribution is -2.36. The van der Waals surface area contributed by atoms with Crippen LogP contribution >= 0.6 is 0 Å². The van der Waals surface area contributed by atoms with Crippen molar-refractivity contribution in [1.29, 1.82) is 0 Å². The molecule has 2 fully saturated rings. The van der Waals surface area contributed by atoms with Crippen LogP contribution in [0.2, 0.25) is 0 Å². The Labute approximate surface area is 131 Å². The van der Waals surface area contributed by atoms with Gasteiger partial charge in [-0.15, -0.1) is 10.2 Å². The molecule has 0 N–H and O–H groups in total.